The second kappa shape index (κ2) is 8.86. The van der Waals surface area contributed by atoms with Crippen molar-refractivity contribution in [1.29, 1.82) is 0 Å². The van der Waals surface area contributed by atoms with Crippen LogP contribution in [0.3, 0.4) is 0 Å². The lowest BCUT2D eigenvalue weighted by molar-refractivity contribution is -0.117. The Morgan fingerprint density at radius 2 is 2.06 bits per heavy atom. The van der Waals surface area contributed by atoms with E-state index in [1.807, 2.05) is 13.8 Å². The van der Waals surface area contributed by atoms with E-state index in [0.717, 1.165) is 6.07 Å². The Hall–Kier alpha value is -3.80. The minimum absolute atomic E-state index is 0.0687. The number of carbonyl (C=O) groups is 1. The molecular formula is C22H22FN5O5S. The van der Waals surface area contributed by atoms with E-state index >= 15 is 0 Å². The highest BCUT2D eigenvalue weighted by Crippen LogP contribution is 2.33. The molecule has 1 amide bonds. The lowest BCUT2D eigenvalue weighted by Gasteiger charge is -2.21. The first-order chi connectivity index (χ1) is 16.1. The second-order valence-electron chi connectivity index (χ2n) is 8.17. The second-order valence-corrected chi connectivity index (χ2v) is 9.74. The summed E-state index contributed by atoms with van der Waals surface area (Å²) in [5.74, 6) is -1.47. The first-order valence-electron chi connectivity index (χ1n) is 10.4. The molecule has 0 aliphatic carbocycles. The van der Waals surface area contributed by atoms with Crippen LogP contribution in [0.5, 0.6) is 5.75 Å². The number of benzene rings is 1. The van der Waals surface area contributed by atoms with Crippen molar-refractivity contribution in [3.8, 4) is 5.75 Å². The van der Waals surface area contributed by atoms with Crippen LogP contribution in [0.25, 0.3) is 11.0 Å². The van der Waals surface area contributed by atoms with E-state index in [-0.39, 0.29) is 33.2 Å². The quantitative estimate of drug-likeness (QED) is 0.485. The van der Waals surface area contributed by atoms with Gasteiger partial charge in [0, 0.05) is 18.4 Å². The van der Waals surface area contributed by atoms with Gasteiger partial charge in [0.05, 0.1) is 11.2 Å². The number of sulfonamides is 1. The molecule has 0 saturated carbocycles. The van der Waals surface area contributed by atoms with Gasteiger partial charge < -0.3 is 20.3 Å². The minimum Gasteiger partial charge on any atom is -0.505 e. The molecule has 4 rings (SSSR count). The molecule has 1 aliphatic heterocycles. The predicted molar refractivity (Wildman–Crippen MR) is 126 cm³/mol. The number of amides is 1. The van der Waals surface area contributed by atoms with Gasteiger partial charge in [0.25, 0.3) is 21.5 Å². The van der Waals surface area contributed by atoms with Crippen LogP contribution in [0.1, 0.15) is 25.8 Å². The number of amidine groups is 1. The molecule has 3 heterocycles. The zero-order valence-corrected chi connectivity index (χ0v) is 19.2. The fraction of sp³-hybridized carbons (Fsp3) is 0.273. The molecule has 0 atom stereocenters. The van der Waals surface area contributed by atoms with Crippen LogP contribution in [0.4, 0.5) is 15.8 Å². The Labute approximate surface area is 194 Å². The van der Waals surface area contributed by atoms with E-state index in [0.29, 0.717) is 24.4 Å². The van der Waals surface area contributed by atoms with Gasteiger partial charge in [-0.1, -0.05) is 13.8 Å². The van der Waals surface area contributed by atoms with E-state index in [1.165, 1.54) is 22.9 Å². The van der Waals surface area contributed by atoms with Crippen molar-refractivity contribution in [2.75, 3.05) is 17.3 Å². The molecule has 0 fully saturated rings. The maximum absolute atomic E-state index is 13.4. The molecule has 0 bridgehead atoms. The number of rotatable bonds is 6. The third-order valence-corrected chi connectivity index (χ3v) is 6.61. The highest BCUT2D eigenvalue weighted by Gasteiger charge is 2.30. The normalized spacial score (nSPS) is 14.4. The van der Waals surface area contributed by atoms with Crippen molar-refractivity contribution in [3.05, 3.63) is 52.4 Å². The number of nitrogens with zero attached hydrogens (tertiary/aromatic N) is 3. The standard InChI is InChI=1S/C22H22FN5O5S/c1-12(2)7-9-28-15-4-3-8-24-19(15)20(30)18(22(28)31)21-26-14-6-5-13(25-17(29)11-23)10-16(14)34(32,33)27-21/h3-6,8,10,12,30H,7,9,11H2,1-2H3,(H,25,29)(H,26,27). The number of nitrogens with one attached hydrogen (secondary N) is 2. The third-order valence-electron chi connectivity index (χ3n) is 5.29. The van der Waals surface area contributed by atoms with Gasteiger partial charge >= 0.3 is 0 Å². The van der Waals surface area contributed by atoms with Crippen LogP contribution in [0, 0.1) is 5.92 Å². The van der Waals surface area contributed by atoms with Gasteiger partial charge in [0.2, 0.25) is 0 Å². The molecule has 3 aromatic rings. The van der Waals surface area contributed by atoms with Crippen molar-refractivity contribution in [2.24, 2.45) is 10.3 Å². The van der Waals surface area contributed by atoms with E-state index in [1.54, 1.807) is 12.1 Å². The van der Waals surface area contributed by atoms with Crippen molar-refractivity contribution in [2.45, 2.75) is 31.7 Å². The lowest BCUT2D eigenvalue weighted by Crippen LogP contribution is -2.33. The third kappa shape index (κ3) is 4.23. The van der Waals surface area contributed by atoms with Gasteiger partial charge in [0.15, 0.2) is 18.3 Å². The summed E-state index contributed by atoms with van der Waals surface area (Å²) in [6.45, 7) is 3.09. The molecule has 0 radical (unpaired) electrons. The zero-order chi connectivity index (χ0) is 24.6. The van der Waals surface area contributed by atoms with Crippen molar-refractivity contribution >= 4 is 44.2 Å². The molecule has 1 aliphatic rings. The van der Waals surface area contributed by atoms with Gasteiger partial charge in [-0.25, -0.2) is 4.39 Å². The molecule has 178 valence electrons. The Morgan fingerprint density at radius 1 is 1.29 bits per heavy atom. The summed E-state index contributed by atoms with van der Waals surface area (Å²) < 4.78 is 43.5. The highest BCUT2D eigenvalue weighted by atomic mass is 32.2. The highest BCUT2D eigenvalue weighted by molar-refractivity contribution is 7.90. The number of fused-ring (bicyclic) bond motifs is 2. The fourth-order valence-corrected chi connectivity index (χ4v) is 4.77. The number of halogens is 1. The predicted octanol–water partition coefficient (Wildman–Crippen LogP) is 2.62. The van der Waals surface area contributed by atoms with E-state index in [4.69, 9.17) is 0 Å². The maximum Gasteiger partial charge on any atom is 0.286 e. The van der Waals surface area contributed by atoms with Gasteiger partial charge in [0.1, 0.15) is 16.0 Å². The summed E-state index contributed by atoms with van der Waals surface area (Å²) in [5.41, 5.74) is -0.231. The summed E-state index contributed by atoms with van der Waals surface area (Å²) >= 11 is 0. The number of alkyl halides is 1. The summed E-state index contributed by atoms with van der Waals surface area (Å²) in [6.07, 6.45) is 2.13. The number of aromatic hydroxyl groups is 1. The van der Waals surface area contributed by atoms with E-state index in [2.05, 4.69) is 20.0 Å². The number of aryl methyl sites for hydroxylation is 1. The summed E-state index contributed by atoms with van der Waals surface area (Å²) in [7, 11) is -4.33. The number of hydrogen-bond acceptors (Lipinski definition) is 7. The Morgan fingerprint density at radius 3 is 2.76 bits per heavy atom. The summed E-state index contributed by atoms with van der Waals surface area (Å²) in [5, 5.41) is 15.9. The monoisotopic (exact) mass is 487 g/mol. The van der Waals surface area contributed by atoms with E-state index in [9.17, 15) is 27.5 Å². The summed E-state index contributed by atoms with van der Waals surface area (Å²) in [4.78, 5) is 28.6. The molecular weight excluding hydrogens is 465 g/mol. The van der Waals surface area contributed by atoms with Crippen molar-refractivity contribution in [3.63, 3.8) is 0 Å². The zero-order valence-electron chi connectivity index (χ0n) is 18.4. The van der Waals surface area contributed by atoms with Gasteiger partial charge in [-0.2, -0.15) is 8.42 Å². The number of anilines is 2. The molecule has 2 aromatic heterocycles. The van der Waals surface area contributed by atoms with Crippen molar-refractivity contribution < 1.29 is 22.7 Å². The van der Waals surface area contributed by atoms with Crippen LogP contribution >= 0.6 is 0 Å². The Kier molecular flexibility index (Phi) is 6.09. The molecule has 3 N–H and O–H groups in total. The topological polar surface area (TPSA) is 143 Å². The van der Waals surface area contributed by atoms with Crippen LogP contribution in [0.15, 0.2) is 50.6 Å². The molecule has 0 unspecified atom stereocenters. The van der Waals surface area contributed by atoms with Gasteiger partial charge in [-0.05, 0) is 42.7 Å². The molecule has 1 aromatic carbocycles. The molecule has 0 saturated heterocycles. The first-order valence-corrected chi connectivity index (χ1v) is 11.9. The van der Waals surface area contributed by atoms with Crippen LogP contribution in [-0.4, -0.2) is 41.5 Å². The number of aromatic nitrogens is 2. The van der Waals surface area contributed by atoms with Crippen molar-refractivity contribution in [1.82, 2.24) is 9.55 Å². The number of hydrogen-bond donors (Lipinski definition) is 3. The van der Waals surface area contributed by atoms with Gasteiger partial charge in [-0.3, -0.25) is 14.6 Å². The average Bonchev–Trinajstić information content (AvgIpc) is 2.79. The molecule has 0 spiro atoms. The molecule has 10 nitrogen and oxygen atoms in total. The number of pyridine rings is 2. The van der Waals surface area contributed by atoms with E-state index < -0.39 is 33.9 Å². The SMILES string of the molecule is CC(C)CCn1c(=O)c(C2=NS(=O)(=O)c3cc(NC(=O)CF)ccc3N2)c(O)c2ncccc21. The Bertz CT molecular complexity index is 1500. The Balaban J connectivity index is 1.86. The largest absolute Gasteiger partial charge is 0.505 e. The molecule has 12 heteroatoms. The average molecular weight is 488 g/mol. The van der Waals surface area contributed by atoms with Gasteiger partial charge in [-0.15, -0.1) is 4.40 Å². The summed E-state index contributed by atoms with van der Waals surface area (Å²) in [6, 6.07) is 7.16. The molecule has 34 heavy (non-hydrogen) atoms. The lowest BCUT2D eigenvalue weighted by atomic mass is 10.1. The van der Waals surface area contributed by atoms with Crippen LogP contribution < -0.4 is 16.2 Å². The van der Waals surface area contributed by atoms with Crippen LogP contribution in [0.2, 0.25) is 0 Å². The minimum atomic E-state index is -4.33. The smallest absolute Gasteiger partial charge is 0.286 e. The number of carbonyl (C=O) groups excluding carboxylic acids is 1. The maximum atomic E-state index is 13.4. The first kappa shape index (κ1) is 23.4. The fourth-order valence-electron chi connectivity index (χ4n) is 3.62. The van der Waals surface area contributed by atoms with Crippen LogP contribution in [-0.2, 0) is 21.4 Å².